The fraction of sp³-hybridized carbons (Fsp3) is 0.273. The van der Waals surface area contributed by atoms with Crippen LogP contribution in [0.25, 0.3) is 0 Å². The quantitative estimate of drug-likeness (QED) is 0.539. The maximum atomic E-state index is 10.3. The zero-order chi connectivity index (χ0) is 11.8. The summed E-state index contributed by atoms with van der Waals surface area (Å²) in [7, 11) is 0. The molecule has 0 atom stereocenters. The van der Waals surface area contributed by atoms with Gasteiger partial charge in [0.2, 0.25) is 0 Å². The van der Waals surface area contributed by atoms with Gasteiger partial charge in [-0.15, -0.1) is 0 Å². The smallest absolute Gasteiger partial charge is 0.303 e. The van der Waals surface area contributed by atoms with Crippen LogP contribution in [0.1, 0.15) is 12.8 Å². The van der Waals surface area contributed by atoms with E-state index in [1.54, 1.807) is 0 Å². The summed E-state index contributed by atoms with van der Waals surface area (Å²) in [5.74, 6) is -0.788. The summed E-state index contributed by atoms with van der Waals surface area (Å²) in [6.45, 7) is 0.560. The number of rotatable bonds is 5. The summed E-state index contributed by atoms with van der Waals surface area (Å²) in [4.78, 5) is 10.3. The second kappa shape index (κ2) is 6.79. The lowest BCUT2D eigenvalue weighted by atomic mass is 10.3. The average molecular weight is 238 g/mol. The molecule has 1 aromatic carbocycles. The molecule has 0 aliphatic carbocycles. The highest BCUT2D eigenvalue weighted by molar-refractivity contribution is 7.80. The molecular formula is C11H14N2O2S. The van der Waals surface area contributed by atoms with Crippen LogP contribution in [0, 0.1) is 0 Å². The van der Waals surface area contributed by atoms with Gasteiger partial charge in [-0.05, 0) is 30.8 Å². The van der Waals surface area contributed by atoms with Gasteiger partial charge in [-0.25, -0.2) is 0 Å². The first kappa shape index (κ1) is 12.4. The van der Waals surface area contributed by atoms with Gasteiger partial charge in [0.15, 0.2) is 5.11 Å². The van der Waals surface area contributed by atoms with Crippen molar-refractivity contribution in [2.24, 2.45) is 0 Å². The molecule has 0 aliphatic rings. The van der Waals surface area contributed by atoms with Crippen LogP contribution in [-0.2, 0) is 4.79 Å². The molecular weight excluding hydrogens is 224 g/mol. The van der Waals surface area contributed by atoms with E-state index in [0.29, 0.717) is 18.1 Å². The molecule has 3 N–H and O–H groups in total. The Kier molecular flexibility index (Phi) is 5.28. The van der Waals surface area contributed by atoms with Gasteiger partial charge in [0.1, 0.15) is 0 Å². The summed E-state index contributed by atoms with van der Waals surface area (Å²) >= 11 is 5.05. The van der Waals surface area contributed by atoms with Crippen molar-refractivity contribution in [3.8, 4) is 0 Å². The molecule has 4 nitrogen and oxygen atoms in total. The number of hydrogen-bond acceptors (Lipinski definition) is 2. The third kappa shape index (κ3) is 5.31. The minimum absolute atomic E-state index is 0.154. The van der Waals surface area contributed by atoms with Crippen molar-refractivity contribution in [3.63, 3.8) is 0 Å². The first-order valence-corrected chi connectivity index (χ1v) is 5.41. The normalized spacial score (nSPS) is 9.50. The number of carboxylic acid groups (broad SMARTS) is 1. The number of benzene rings is 1. The Morgan fingerprint density at radius 3 is 2.62 bits per heavy atom. The third-order valence-electron chi connectivity index (χ3n) is 1.88. The minimum Gasteiger partial charge on any atom is -0.481 e. The van der Waals surface area contributed by atoms with Crippen LogP contribution in [0.4, 0.5) is 5.69 Å². The highest BCUT2D eigenvalue weighted by Crippen LogP contribution is 2.04. The lowest BCUT2D eigenvalue weighted by Gasteiger charge is -2.09. The van der Waals surface area contributed by atoms with E-state index < -0.39 is 5.97 Å². The molecule has 0 saturated carbocycles. The number of carboxylic acids is 1. The Hall–Kier alpha value is -1.62. The van der Waals surface area contributed by atoms with Gasteiger partial charge in [-0.2, -0.15) is 0 Å². The van der Waals surface area contributed by atoms with Crippen LogP contribution in [0.2, 0.25) is 0 Å². The van der Waals surface area contributed by atoms with E-state index in [4.69, 9.17) is 17.3 Å². The molecule has 0 radical (unpaired) electrons. The van der Waals surface area contributed by atoms with Crippen LogP contribution in [0.15, 0.2) is 30.3 Å². The lowest BCUT2D eigenvalue weighted by molar-refractivity contribution is -0.137. The topological polar surface area (TPSA) is 61.4 Å². The molecule has 0 bridgehead atoms. The van der Waals surface area contributed by atoms with Gasteiger partial charge in [-0.3, -0.25) is 4.79 Å². The van der Waals surface area contributed by atoms with E-state index in [-0.39, 0.29) is 6.42 Å². The highest BCUT2D eigenvalue weighted by Gasteiger charge is 1.98. The van der Waals surface area contributed by atoms with Crippen molar-refractivity contribution in [2.45, 2.75) is 12.8 Å². The second-order valence-electron chi connectivity index (χ2n) is 3.24. The zero-order valence-corrected chi connectivity index (χ0v) is 9.59. The predicted molar refractivity (Wildman–Crippen MR) is 67.5 cm³/mol. The van der Waals surface area contributed by atoms with Crippen molar-refractivity contribution >= 4 is 29.0 Å². The molecule has 0 fully saturated rings. The molecule has 0 spiro atoms. The summed E-state index contributed by atoms with van der Waals surface area (Å²) < 4.78 is 0. The van der Waals surface area contributed by atoms with Crippen LogP contribution >= 0.6 is 12.2 Å². The lowest BCUT2D eigenvalue weighted by Crippen LogP contribution is -2.29. The van der Waals surface area contributed by atoms with Crippen LogP contribution in [0.5, 0.6) is 0 Å². The van der Waals surface area contributed by atoms with Gasteiger partial charge in [-0.1, -0.05) is 18.2 Å². The monoisotopic (exact) mass is 238 g/mol. The van der Waals surface area contributed by atoms with Crippen LogP contribution in [-0.4, -0.2) is 22.7 Å². The second-order valence-corrected chi connectivity index (χ2v) is 3.65. The van der Waals surface area contributed by atoms with Crippen molar-refractivity contribution in [2.75, 3.05) is 11.9 Å². The van der Waals surface area contributed by atoms with Gasteiger partial charge in [0.05, 0.1) is 0 Å². The number of para-hydroxylation sites is 1. The van der Waals surface area contributed by atoms with E-state index in [1.807, 2.05) is 30.3 Å². The van der Waals surface area contributed by atoms with Crippen LogP contribution in [0.3, 0.4) is 0 Å². The Bertz CT molecular complexity index is 354. The average Bonchev–Trinajstić information content (AvgIpc) is 2.25. The molecule has 5 heteroatoms. The van der Waals surface area contributed by atoms with E-state index in [1.165, 1.54) is 0 Å². The molecule has 0 aromatic heterocycles. The molecule has 16 heavy (non-hydrogen) atoms. The maximum Gasteiger partial charge on any atom is 0.303 e. The van der Waals surface area contributed by atoms with E-state index >= 15 is 0 Å². The SMILES string of the molecule is O=C(O)CCCNC(=S)Nc1ccccc1. The fourth-order valence-corrected chi connectivity index (χ4v) is 1.36. The van der Waals surface area contributed by atoms with Crippen molar-refractivity contribution in [3.05, 3.63) is 30.3 Å². The van der Waals surface area contributed by atoms with Gasteiger partial charge in [0.25, 0.3) is 0 Å². The number of anilines is 1. The predicted octanol–water partition coefficient (Wildman–Crippen LogP) is 1.84. The zero-order valence-electron chi connectivity index (χ0n) is 8.77. The number of carbonyl (C=O) groups is 1. The number of aliphatic carboxylic acids is 1. The van der Waals surface area contributed by atoms with Crippen molar-refractivity contribution in [1.82, 2.24) is 5.32 Å². The fourth-order valence-electron chi connectivity index (χ4n) is 1.14. The Balaban J connectivity index is 2.19. The van der Waals surface area contributed by atoms with Crippen molar-refractivity contribution in [1.29, 1.82) is 0 Å². The highest BCUT2D eigenvalue weighted by atomic mass is 32.1. The molecule has 1 rings (SSSR count). The number of nitrogens with one attached hydrogen (secondary N) is 2. The molecule has 1 aromatic rings. The third-order valence-corrected chi connectivity index (χ3v) is 2.13. The van der Waals surface area contributed by atoms with Crippen LogP contribution < -0.4 is 10.6 Å². The maximum absolute atomic E-state index is 10.3. The summed E-state index contributed by atoms with van der Waals surface area (Å²) in [5.41, 5.74) is 0.915. The van der Waals surface area contributed by atoms with E-state index in [9.17, 15) is 4.79 Å². The first-order valence-electron chi connectivity index (χ1n) is 5.00. The number of hydrogen-bond donors (Lipinski definition) is 3. The molecule has 86 valence electrons. The largest absolute Gasteiger partial charge is 0.481 e. The molecule has 0 aliphatic heterocycles. The minimum atomic E-state index is -0.788. The Labute approximate surface area is 99.7 Å². The number of thiocarbonyl (C=S) groups is 1. The standard InChI is InChI=1S/C11H14N2O2S/c14-10(15)7-4-8-12-11(16)13-9-5-2-1-3-6-9/h1-3,5-6H,4,7-8H2,(H,14,15)(H2,12,13,16). The molecule has 0 amide bonds. The Morgan fingerprint density at radius 2 is 2.00 bits per heavy atom. The molecule has 0 unspecified atom stereocenters. The van der Waals surface area contributed by atoms with E-state index in [2.05, 4.69) is 10.6 Å². The Morgan fingerprint density at radius 1 is 1.31 bits per heavy atom. The summed E-state index contributed by atoms with van der Waals surface area (Å²) in [6, 6.07) is 9.57. The van der Waals surface area contributed by atoms with Gasteiger partial charge < -0.3 is 15.7 Å². The first-order chi connectivity index (χ1) is 7.68. The molecule has 0 saturated heterocycles. The summed E-state index contributed by atoms with van der Waals surface area (Å²) in [5, 5.41) is 14.9. The van der Waals surface area contributed by atoms with Gasteiger partial charge >= 0.3 is 5.97 Å². The van der Waals surface area contributed by atoms with Gasteiger partial charge in [0, 0.05) is 18.7 Å². The van der Waals surface area contributed by atoms with Crippen molar-refractivity contribution < 1.29 is 9.90 Å². The molecule has 0 heterocycles. The van der Waals surface area contributed by atoms with E-state index in [0.717, 1.165) is 5.69 Å². The summed E-state index contributed by atoms with van der Waals surface area (Å²) in [6.07, 6.45) is 0.715.